The highest BCUT2D eigenvalue weighted by Crippen LogP contribution is 2.26. The van der Waals surface area contributed by atoms with E-state index in [1.54, 1.807) is 76.7 Å². The summed E-state index contributed by atoms with van der Waals surface area (Å²) in [6.07, 6.45) is 2.95. The number of amides is 1. The molecule has 3 aromatic rings. The predicted molar refractivity (Wildman–Crippen MR) is 143 cm³/mol. The molecular weight excluding hydrogens is 494 g/mol. The van der Waals surface area contributed by atoms with E-state index in [1.807, 2.05) is 30.5 Å². The second kappa shape index (κ2) is 11.7. The Morgan fingerprint density at radius 2 is 1.46 bits per heavy atom. The maximum Gasteiger partial charge on any atom is 0.407 e. The van der Waals surface area contributed by atoms with Crippen LogP contribution in [0.3, 0.4) is 0 Å². The highest BCUT2D eigenvalue weighted by molar-refractivity contribution is 6.30. The molecule has 0 fully saturated rings. The van der Waals surface area contributed by atoms with Crippen molar-refractivity contribution in [2.45, 2.75) is 71.8 Å². The van der Waals surface area contributed by atoms with Crippen LogP contribution in [-0.4, -0.2) is 39.1 Å². The molecule has 0 saturated carbocycles. The number of nitrogens with zero attached hydrogens (tertiary/aromatic N) is 2. The monoisotopic (exact) mass is 527 g/mol. The Labute approximate surface area is 222 Å². The van der Waals surface area contributed by atoms with Gasteiger partial charge in [0.2, 0.25) is 0 Å². The molecule has 0 spiro atoms. The molecule has 3 rings (SSSR count). The lowest BCUT2D eigenvalue weighted by Gasteiger charge is -2.25. The first kappa shape index (κ1) is 28.1. The summed E-state index contributed by atoms with van der Waals surface area (Å²) in [6, 6.07) is 14.2. The van der Waals surface area contributed by atoms with E-state index >= 15 is 0 Å². The van der Waals surface area contributed by atoms with Gasteiger partial charge in [-0.3, -0.25) is 9.48 Å². The quantitative estimate of drug-likeness (QED) is 0.331. The van der Waals surface area contributed by atoms with E-state index in [2.05, 4.69) is 10.4 Å². The number of esters is 1. The first-order valence-electron chi connectivity index (χ1n) is 12.0. The minimum atomic E-state index is -0.664. The minimum absolute atomic E-state index is 0.0254. The summed E-state index contributed by atoms with van der Waals surface area (Å²) >= 11 is 5.92. The molecule has 0 saturated heterocycles. The van der Waals surface area contributed by atoms with Crippen LogP contribution >= 0.6 is 11.6 Å². The third-order valence-electron chi connectivity index (χ3n) is 4.83. The number of halogens is 1. The van der Waals surface area contributed by atoms with Crippen molar-refractivity contribution in [2.75, 3.05) is 0 Å². The smallest absolute Gasteiger partial charge is 0.407 e. The van der Waals surface area contributed by atoms with E-state index in [1.165, 1.54) is 0 Å². The Bertz CT molecular complexity index is 1160. The van der Waals surface area contributed by atoms with Crippen LogP contribution in [0.5, 0.6) is 11.5 Å². The molecule has 1 amide bonds. The summed E-state index contributed by atoms with van der Waals surface area (Å²) in [7, 11) is 0. The molecule has 0 aliphatic rings. The summed E-state index contributed by atoms with van der Waals surface area (Å²) in [5.41, 5.74) is 0.531. The van der Waals surface area contributed by atoms with E-state index in [-0.39, 0.29) is 13.0 Å². The summed E-state index contributed by atoms with van der Waals surface area (Å²) < 4.78 is 18.3. The SMILES string of the molecule is CC(C)(C)OC(=O)C[C@@H](Cn1cc(-c2ccc(Oc3ccc(Cl)cc3)cc2)cn1)NC(=O)OC(C)(C)C. The van der Waals surface area contributed by atoms with Gasteiger partial charge in [0.25, 0.3) is 0 Å². The van der Waals surface area contributed by atoms with Gasteiger partial charge in [-0.15, -0.1) is 0 Å². The number of aromatic nitrogens is 2. The van der Waals surface area contributed by atoms with Crippen LogP contribution in [0.1, 0.15) is 48.0 Å². The van der Waals surface area contributed by atoms with Gasteiger partial charge in [0.15, 0.2) is 0 Å². The molecule has 0 unspecified atom stereocenters. The Kier molecular flexibility index (Phi) is 8.86. The summed E-state index contributed by atoms with van der Waals surface area (Å²) in [5.74, 6) is 0.966. The molecule has 0 radical (unpaired) electrons. The fourth-order valence-corrected chi connectivity index (χ4v) is 3.54. The van der Waals surface area contributed by atoms with Crippen LogP contribution in [0.15, 0.2) is 60.9 Å². The number of carbonyl (C=O) groups excluding carboxylic acids is 2. The second-order valence-electron chi connectivity index (χ2n) is 10.7. The molecule has 198 valence electrons. The number of carbonyl (C=O) groups is 2. The normalized spacial score (nSPS) is 12.5. The zero-order valence-electron chi connectivity index (χ0n) is 22.1. The Morgan fingerprint density at radius 3 is 2.03 bits per heavy atom. The molecule has 1 N–H and O–H groups in total. The van der Waals surface area contributed by atoms with Gasteiger partial charge >= 0.3 is 12.1 Å². The van der Waals surface area contributed by atoms with Gasteiger partial charge in [0, 0.05) is 16.8 Å². The molecular formula is C28H34ClN3O5. The number of hydrogen-bond donors (Lipinski definition) is 1. The molecule has 8 nitrogen and oxygen atoms in total. The van der Waals surface area contributed by atoms with E-state index in [4.69, 9.17) is 25.8 Å². The van der Waals surface area contributed by atoms with E-state index < -0.39 is 29.3 Å². The highest BCUT2D eigenvalue weighted by Gasteiger charge is 2.25. The molecule has 1 heterocycles. The predicted octanol–water partition coefficient (Wildman–Crippen LogP) is 6.62. The Hall–Kier alpha value is -3.52. The average Bonchev–Trinajstić information content (AvgIpc) is 3.21. The van der Waals surface area contributed by atoms with Crippen molar-refractivity contribution in [2.24, 2.45) is 0 Å². The van der Waals surface area contributed by atoms with Gasteiger partial charge in [-0.25, -0.2) is 4.79 Å². The standard InChI is InChI=1S/C28H34ClN3O5/c1-27(2,3)36-25(33)15-22(31-26(34)37-28(4,5)6)18-32-17-20(16-30-32)19-7-11-23(12-8-19)35-24-13-9-21(29)10-14-24/h7-14,16-17,22H,15,18H2,1-6H3,(H,31,34)/t22-/m0/s1. The fraction of sp³-hybridized carbons (Fsp3) is 0.393. The first-order valence-corrected chi connectivity index (χ1v) is 12.4. The molecule has 37 heavy (non-hydrogen) atoms. The van der Waals surface area contributed by atoms with Crippen LogP contribution in [0.2, 0.25) is 5.02 Å². The minimum Gasteiger partial charge on any atom is -0.460 e. The van der Waals surface area contributed by atoms with Crippen LogP contribution in [-0.2, 0) is 20.8 Å². The van der Waals surface area contributed by atoms with Crippen molar-refractivity contribution >= 4 is 23.7 Å². The molecule has 1 atom stereocenters. The largest absolute Gasteiger partial charge is 0.460 e. The maximum absolute atomic E-state index is 12.5. The summed E-state index contributed by atoms with van der Waals surface area (Å²) in [4.78, 5) is 24.9. The van der Waals surface area contributed by atoms with Crippen molar-refractivity contribution in [3.63, 3.8) is 0 Å². The number of rotatable bonds is 8. The maximum atomic E-state index is 12.5. The van der Waals surface area contributed by atoms with Crippen molar-refractivity contribution in [1.29, 1.82) is 0 Å². The lowest BCUT2D eigenvalue weighted by Crippen LogP contribution is -2.43. The van der Waals surface area contributed by atoms with Crippen LogP contribution in [0, 0.1) is 0 Å². The molecule has 9 heteroatoms. The van der Waals surface area contributed by atoms with Crippen LogP contribution in [0.25, 0.3) is 11.1 Å². The second-order valence-corrected chi connectivity index (χ2v) is 11.1. The van der Waals surface area contributed by atoms with E-state index in [0.29, 0.717) is 16.5 Å². The molecule has 0 aliphatic heterocycles. The van der Waals surface area contributed by atoms with Gasteiger partial charge in [-0.1, -0.05) is 23.7 Å². The van der Waals surface area contributed by atoms with E-state index in [9.17, 15) is 9.59 Å². The topological polar surface area (TPSA) is 91.7 Å². The number of nitrogens with one attached hydrogen (secondary N) is 1. The fourth-order valence-electron chi connectivity index (χ4n) is 3.41. The Morgan fingerprint density at radius 1 is 0.892 bits per heavy atom. The third kappa shape index (κ3) is 9.80. The summed E-state index contributed by atoms with van der Waals surface area (Å²) in [5, 5.41) is 7.84. The van der Waals surface area contributed by atoms with Crippen molar-refractivity contribution < 1.29 is 23.8 Å². The van der Waals surface area contributed by atoms with E-state index in [0.717, 1.165) is 11.1 Å². The Balaban J connectivity index is 1.68. The molecule has 0 bridgehead atoms. The highest BCUT2D eigenvalue weighted by atomic mass is 35.5. The van der Waals surface area contributed by atoms with Crippen molar-refractivity contribution in [3.05, 3.63) is 65.9 Å². The number of alkyl carbamates (subject to hydrolysis) is 1. The summed E-state index contributed by atoms with van der Waals surface area (Å²) in [6.45, 7) is 11.0. The number of ether oxygens (including phenoxy) is 3. The average molecular weight is 528 g/mol. The third-order valence-corrected chi connectivity index (χ3v) is 5.08. The van der Waals surface area contributed by atoms with Gasteiger partial charge in [-0.05, 0) is 83.5 Å². The first-order chi connectivity index (χ1) is 17.3. The zero-order chi connectivity index (χ0) is 27.2. The van der Waals surface area contributed by atoms with Gasteiger partial charge in [0.05, 0.1) is 25.2 Å². The molecule has 0 aliphatic carbocycles. The van der Waals surface area contributed by atoms with Crippen LogP contribution in [0.4, 0.5) is 4.79 Å². The number of benzene rings is 2. The van der Waals surface area contributed by atoms with Crippen molar-refractivity contribution in [3.8, 4) is 22.6 Å². The van der Waals surface area contributed by atoms with Gasteiger partial charge < -0.3 is 19.5 Å². The number of hydrogen-bond acceptors (Lipinski definition) is 6. The van der Waals surface area contributed by atoms with Crippen molar-refractivity contribution in [1.82, 2.24) is 15.1 Å². The lowest BCUT2D eigenvalue weighted by molar-refractivity contribution is -0.155. The molecule has 2 aromatic carbocycles. The van der Waals surface area contributed by atoms with Crippen LogP contribution < -0.4 is 10.1 Å². The zero-order valence-corrected chi connectivity index (χ0v) is 22.8. The lowest BCUT2D eigenvalue weighted by atomic mass is 10.1. The van der Waals surface area contributed by atoms with Gasteiger partial charge in [-0.2, -0.15) is 5.10 Å². The molecule has 1 aromatic heterocycles. The van der Waals surface area contributed by atoms with Gasteiger partial charge in [0.1, 0.15) is 22.7 Å².